The summed E-state index contributed by atoms with van der Waals surface area (Å²) in [6, 6.07) is 6.78. The van der Waals surface area contributed by atoms with Gasteiger partial charge in [-0.25, -0.2) is 33.6 Å². The zero-order valence-electron chi connectivity index (χ0n) is 33.2. The van der Waals surface area contributed by atoms with Crippen LogP contribution in [-0.4, -0.2) is 134 Å². The summed E-state index contributed by atoms with van der Waals surface area (Å²) in [4.78, 5) is 92.9. The van der Waals surface area contributed by atoms with E-state index in [0.29, 0.717) is 11.3 Å². The molecule has 8 atom stereocenters. The van der Waals surface area contributed by atoms with Crippen LogP contribution >= 0.6 is 47.9 Å². The van der Waals surface area contributed by atoms with Crippen molar-refractivity contribution in [1.82, 2.24) is 30.2 Å². The lowest BCUT2D eigenvalue weighted by atomic mass is 9.87. The summed E-state index contributed by atoms with van der Waals surface area (Å²) in [7, 11) is -16.5. The molecule has 3 aromatic rings. The molecule has 4 rings (SSSR count). The van der Waals surface area contributed by atoms with Crippen LogP contribution in [0.4, 0.5) is 11.5 Å². The first-order valence-electron chi connectivity index (χ1n) is 18.2. The standard InChI is InChI=1S/C31H47N10O17P3S2/c1-31(2,24(44)27(45)36-7-6-20(42)35-8-9-63-29(46)18(12-62)16-4-3-5-17(10-16)40-30(33)34)13-55-61(52,53)58-60(50,51)54-11-19-23(57-59(47,48)49)22(43)28(56-19)41-15-39-21-25(32)37-14-38-26(21)41/h3-5,10,14-15,18-19,22-24,28,43-44,62H,6-9,11-13H2,1-2H3,(H,35,42)(H,36,45)(H,50,51)(H,52,53)(H2,32,37,38)(H4,33,34,40)(H2,47,48,49)/t18-,19?,22?,23?,24?,28?/m1/s1. The van der Waals surface area contributed by atoms with Crippen LogP contribution in [0.15, 0.2) is 41.9 Å². The molecule has 3 heterocycles. The van der Waals surface area contributed by atoms with Gasteiger partial charge in [0.2, 0.25) is 11.8 Å². The predicted molar refractivity (Wildman–Crippen MR) is 226 cm³/mol. The summed E-state index contributed by atoms with van der Waals surface area (Å²) >= 11 is 5.27. The molecule has 27 nitrogen and oxygen atoms in total. The Kier molecular flexibility index (Phi) is 18.2. The number of thioether (sulfide) groups is 1. The molecule has 14 N–H and O–H groups in total. The van der Waals surface area contributed by atoms with Crippen molar-refractivity contribution in [2.75, 3.05) is 43.5 Å². The third-order valence-electron chi connectivity index (χ3n) is 8.74. The fourth-order valence-corrected chi connectivity index (χ4v) is 9.81. The molecule has 7 unspecified atom stereocenters. The molecule has 32 heteroatoms. The average molecular weight is 989 g/mol. The minimum Gasteiger partial charge on any atom is -0.386 e. The van der Waals surface area contributed by atoms with Gasteiger partial charge in [0, 0.05) is 36.4 Å². The summed E-state index contributed by atoms with van der Waals surface area (Å²) in [5.41, 5.74) is 16.2. The lowest BCUT2D eigenvalue weighted by molar-refractivity contribution is -0.137. The maximum Gasteiger partial charge on any atom is 0.481 e. The number of nitrogens with one attached hydrogen (secondary N) is 2. The Labute approximate surface area is 367 Å². The highest BCUT2D eigenvalue weighted by atomic mass is 32.2. The van der Waals surface area contributed by atoms with E-state index in [1.165, 1.54) is 13.8 Å². The number of carbonyl (C=O) groups excluding carboxylic acids is 3. The third kappa shape index (κ3) is 15.2. The van der Waals surface area contributed by atoms with Crippen LogP contribution in [0, 0.1) is 5.41 Å². The Morgan fingerprint density at radius 3 is 2.43 bits per heavy atom. The van der Waals surface area contributed by atoms with Crippen LogP contribution in [-0.2, 0) is 50.7 Å². The second-order valence-electron chi connectivity index (χ2n) is 14.1. The molecule has 0 spiro atoms. The number of hydrogen-bond acceptors (Lipinski definition) is 20. The number of amides is 2. The number of fused-ring (bicyclic) bond motifs is 1. The first kappa shape index (κ1) is 52.0. The molecular weight excluding hydrogens is 941 g/mol. The van der Waals surface area contributed by atoms with Gasteiger partial charge < -0.3 is 62.4 Å². The van der Waals surface area contributed by atoms with Crippen LogP contribution in [0.25, 0.3) is 11.2 Å². The molecule has 350 valence electrons. The van der Waals surface area contributed by atoms with Crippen LogP contribution in [0.2, 0.25) is 0 Å². The molecule has 0 aliphatic carbocycles. The second kappa shape index (κ2) is 22.1. The number of aliphatic imine (C=N–C) groups is 1. The van der Waals surface area contributed by atoms with Crippen molar-refractivity contribution in [3.05, 3.63) is 42.5 Å². The van der Waals surface area contributed by atoms with E-state index in [1.54, 1.807) is 24.3 Å². The molecule has 0 radical (unpaired) electrons. The molecule has 0 saturated carbocycles. The summed E-state index contributed by atoms with van der Waals surface area (Å²) in [5, 5.41) is 26.3. The number of ether oxygens (including phenoxy) is 1. The Hall–Kier alpha value is -3.60. The van der Waals surface area contributed by atoms with Crippen molar-refractivity contribution < 1.29 is 80.5 Å². The Morgan fingerprint density at radius 1 is 1.06 bits per heavy atom. The van der Waals surface area contributed by atoms with E-state index >= 15 is 0 Å². The van der Waals surface area contributed by atoms with Gasteiger partial charge in [-0.1, -0.05) is 37.7 Å². The molecule has 2 amide bonds. The fraction of sp³-hybridized carbons (Fsp3) is 0.516. The number of thiol groups is 1. The monoisotopic (exact) mass is 988 g/mol. The van der Waals surface area contributed by atoms with Gasteiger partial charge >= 0.3 is 23.5 Å². The molecule has 0 bridgehead atoms. The highest BCUT2D eigenvalue weighted by Gasteiger charge is 2.50. The van der Waals surface area contributed by atoms with Crippen molar-refractivity contribution in [1.29, 1.82) is 0 Å². The van der Waals surface area contributed by atoms with Crippen molar-refractivity contribution in [3.63, 3.8) is 0 Å². The van der Waals surface area contributed by atoms with Crippen molar-refractivity contribution >= 4 is 93.4 Å². The maximum absolute atomic E-state index is 12.8. The number of nitrogens with zero attached hydrogens (tertiary/aromatic N) is 5. The molecule has 1 aromatic carbocycles. The van der Waals surface area contributed by atoms with Crippen LogP contribution in [0.3, 0.4) is 0 Å². The van der Waals surface area contributed by atoms with Gasteiger partial charge in [-0.05, 0) is 17.7 Å². The highest BCUT2D eigenvalue weighted by Crippen LogP contribution is 2.61. The number of imidazole rings is 1. The van der Waals surface area contributed by atoms with Gasteiger partial charge in [0.1, 0.15) is 36.3 Å². The van der Waals surface area contributed by atoms with Crippen LogP contribution < -0.4 is 27.8 Å². The first-order chi connectivity index (χ1) is 29.3. The molecule has 1 saturated heterocycles. The summed E-state index contributed by atoms with van der Waals surface area (Å²) in [6.45, 7) is 0.287. The SMILES string of the molecule is CC(C)(COP(=O)(O)OP(=O)(O)OCC1OC(n2cnc3c(N)ncnc32)C(O)C1OP(=O)(O)O)C(O)C(=O)NCCC(=O)NCCSC(=O)[C@H](CS)c1cccc(N=C(N)N)c1. The van der Waals surface area contributed by atoms with Gasteiger partial charge in [-0.3, -0.25) is 32.5 Å². The molecule has 1 aliphatic rings. The van der Waals surface area contributed by atoms with Crippen molar-refractivity contribution in [2.45, 2.75) is 56.8 Å². The maximum atomic E-state index is 12.8. The second-order valence-corrected chi connectivity index (χ2v) is 19.8. The number of aromatic nitrogens is 4. The fourth-order valence-electron chi connectivity index (χ4n) is 5.66. The van der Waals surface area contributed by atoms with Crippen LogP contribution in [0.1, 0.15) is 38.0 Å². The molecule has 1 aliphatic heterocycles. The third-order valence-corrected chi connectivity index (χ3v) is 13.2. The smallest absolute Gasteiger partial charge is 0.386 e. The number of aliphatic hydroxyl groups is 2. The number of carbonyl (C=O) groups is 3. The van der Waals surface area contributed by atoms with E-state index < -0.39 is 90.5 Å². The average Bonchev–Trinajstić information content (AvgIpc) is 3.74. The number of anilines is 1. The lowest BCUT2D eigenvalue weighted by Crippen LogP contribution is -2.46. The molecule has 2 aromatic heterocycles. The largest absolute Gasteiger partial charge is 0.481 e. The summed E-state index contributed by atoms with van der Waals surface area (Å²) < 4.78 is 62.3. The topological polar surface area (TPSA) is 428 Å². The first-order valence-corrected chi connectivity index (χ1v) is 24.3. The number of phosphoric acid groups is 3. The number of rotatable bonds is 23. The van der Waals surface area contributed by atoms with E-state index in [-0.39, 0.29) is 59.1 Å². The van der Waals surface area contributed by atoms with Gasteiger partial charge in [-0.15, -0.1) is 0 Å². The van der Waals surface area contributed by atoms with Gasteiger partial charge in [0.05, 0.1) is 31.1 Å². The zero-order valence-corrected chi connectivity index (χ0v) is 37.6. The molecule has 1 fully saturated rings. The normalized spacial score (nSPS) is 20.9. The van der Waals surface area contributed by atoms with Crippen LogP contribution in [0.5, 0.6) is 0 Å². The summed E-state index contributed by atoms with van der Waals surface area (Å²) in [6.07, 6.45) is -7.07. The van der Waals surface area contributed by atoms with E-state index in [4.69, 9.17) is 31.0 Å². The van der Waals surface area contributed by atoms with Gasteiger partial charge in [0.15, 0.2) is 28.8 Å². The van der Waals surface area contributed by atoms with Gasteiger partial charge in [0.25, 0.3) is 0 Å². The zero-order chi connectivity index (χ0) is 46.9. The van der Waals surface area contributed by atoms with E-state index in [1.807, 2.05) is 0 Å². The van der Waals surface area contributed by atoms with Crippen molar-refractivity contribution in [2.24, 2.45) is 21.9 Å². The number of nitrogens with two attached hydrogens (primary N) is 3. The predicted octanol–water partition coefficient (Wildman–Crippen LogP) is -0.717. The molecular formula is C31H47N10O17P3S2. The Balaban J connectivity index is 1.21. The Morgan fingerprint density at radius 2 is 1.76 bits per heavy atom. The number of nitrogen functional groups attached to an aromatic ring is 1. The minimum absolute atomic E-state index is 0.0220. The van der Waals surface area contributed by atoms with E-state index in [0.717, 1.165) is 29.0 Å². The van der Waals surface area contributed by atoms with E-state index in [2.05, 4.69) is 52.0 Å². The molecule has 63 heavy (non-hydrogen) atoms. The number of hydrogen-bond donors (Lipinski definition) is 12. The number of aliphatic hydroxyl groups excluding tert-OH is 2. The highest BCUT2D eigenvalue weighted by molar-refractivity contribution is 8.13. The number of phosphoric ester groups is 3. The van der Waals surface area contributed by atoms with E-state index in [9.17, 15) is 57.9 Å². The number of benzene rings is 1. The quantitative estimate of drug-likeness (QED) is 0.0183. The van der Waals surface area contributed by atoms with Gasteiger partial charge in [-0.2, -0.15) is 16.9 Å². The lowest BCUT2D eigenvalue weighted by Gasteiger charge is -2.30. The van der Waals surface area contributed by atoms with Crippen molar-refractivity contribution in [3.8, 4) is 0 Å². The summed E-state index contributed by atoms with van der Waals surface area (Å²) in [5.74, 6) is -1.81. The number of guanidine groups is 1. The minimum atomic E-state index is -5.60. The Bertz CT molecular complexity index is 2280.